The summed E-state index contributed by atoms with van der Waals surface area (Å²) >= 11 is 0. The second kappa shape index (κ2) is 5.05. The maximum atomic E-state index is 9.47. The lowest BCUT2D eigenvalue weighted by atomic mass is 10.1. The second-order valence-corrected chi connectivity index (χ2v) is 3.62. The largest absolute Gasteiger partial charge is 0.393 e. The van der Waals surface area contributed by atoms with Crippen LogP contribution in [0.25, 0.3) is 0 Å². The number of pyridine rings is 1. The fourth-order valence-electron chi connectivity index (χ4n) is 1.03. The predicted octanol–water partition coefficient (Wildman–Crippen LogP) is -0.0855. The van der Waals surface area contributed by atoms with Gasteiger partial charge in [0.15, 0.2) is 0 Å². The van der Waals surface area contributed by atoms with Gasteiger partial charge in [-0.3, -0.25) is 4.98 Å². The Labute approximate surface area is 83.6 Å². The molecule has 0 aromatic carbocycles. The van der Waals surface area contributed by atoms with Gasteiger partial charge in [-0.05, 0) is 18.6 Å². The number of aliphatic hydroxyl groups is 2. The normalized spacial score (nSPS) is 15.1. The average molecular weight is 196 g/mol. The van der Waals surface area contributed by atoms with E-state index in [9.17, 15) is 5.11 Å². The van der Waals surface area contributed by atoms with Crippen molar-refractivity contribution >= 4 is 0 Å². The Morgan fingerprint density at radius 3 is 2.93 bits per heavy atom. The molecule has 0 radical (unpaired) electrons. The van der Waals surface area contributed by atoms with E-state index in [4.69, 9.17) is 5.11 Å². The van der Waals surface area contributed by atoms with Crippen molar-refractivity contribution in [3.63, 3.8) is 0 Å². The number of nitrogens with zero attached hydrogens (tertiary/aromatic N) is 1. The van der Waals surface area contributed by atoms with Crippen LogP contribution in [0, 0.1) is 0 Å². The third-order valence-electron chi connectivity index (χ3n) is 1.90. The Morgan fingerprint density at radius 2 is 2.36 bits per heavy atom. The highest BCUT2D eigenvalue weighted by atomic mass is 16.3. The third kappa shape index (κ3) is 3.83. The Bertz CT molecular complexity index is 262. The third-order valence-corrected chi connectivity index (χ3v) is 1.90. The lowest BCUT2D eigenvalue weighted by Gasteiger charge is -2.20. The molecule has 3 N–H and O–H groups in total. The zero-order chi connectivity index (χ0) is 10.4. The topological polar surface area (TPSA) is 65.4 Å². The summed E-state index contributed by atoms with van der Waals surface area (Å²) in [5.41, 5.74) is 0.00334. The smallest absolute Gasteiger partial charge is 0.0972 e. The molecule has 1 heterocycles. The molecule has 1 aromatic rings. The summed E-state index contributed by atoms with van der Waals surface area (Å²) in [4.78, 5) is 3.97. The van der Waals surface area contributed by atoms with E-state index in [1.54, 1.807) is 19.3 Å². The number of aliphatic hydroxyl groups excluding tert-OH is 1. The van der Waals surface area contributed by atoms with Gasteiger partial charge in [-0.1, -0.05) is 6.07 Å². The minimum Gasteiger partial charge on any atom is -0.393 e. The SMILES string of the molecule is CC(O)(CO)CNCc1cccnc1. The van der Waals surface area contributed by atoms with Crippen LogP contribution < -0.4 is 5.32 Å². The molecule has 0 aliphatic heterocycles. The molecule has 0 bridgehead atoms. The van der Waals surface area contributed by atoms with E-state index in [0.29, 0.717) is 13.1 Å². The van der Waals surface area contributed by atoms with Gasteiger partial charge >= 0.3 is 0 Å². The molecule has 0 aliphatic carbocycles. The van der Waals surface area contributed by atoms with E-state index in [-0.39, 0.29) is 6.61 Å². The van der Waals surface area contributed by atoms with Gasteiger partial charge in [0.25, 0.3) is 0 Å². The molecule has 4 heteroatoms. The molecule has 1 aromatic heterocycles. The van der Waals surface area contributed by atoms with Gasteiger partial charge in [0, 0.05) is 25.5 Å². The van der Waals surface area contributed by atoms with Crippen molar-refractivity contribution in [2.75, 3.05) is 13.2 Å². The number of aromatic nitrogens is 1. The van der Waals surface area contributed by atoms with E-state index in [1.165, 1.54) is 0 Å². The van der Waals surface area contributed by atoms with Crippen molar-refractivity contribution in [1.82, 2.24) is 10.3 Å². The zero-order valence-corrected chi connectivity index (χ0v) is 8.27. The van der Waals surface area contributed by atoms with E-state index in [0.717, 1.165) is 5.56 Å². The van der Waals surface area contributed by atoms with Crippen LogP contribution in [-0.4, -0.2) is 33.9 Å². The van der Waals surface area contributed by atoms with Crippen molar-refractivity contribution in [2.24, 2.45) is 0 Å². The maximum Gasteiger partial charge on any atom is 0.0972 e. The molecule has 0 saturated carbocycles. The second-order valence-electron chi connectivity index (χ2n) is 3.62. The maximum absolute atomic E-state index is 9.47. The van der Waals surface area contributed by atoms with Crippen LogP contribution in [-0.2, 0) is 6.54 Å². The van der Waals surface area contributed by atoms with Crippen molar-refractivity contribution < 1.29 is 10.2 Å². The van der Waals surface area contributed by atoms with Crippen LogP contribution >= 0.6 is 0 Å². The Kier molecular flexibility index (Phi) is 4.00. The fourth-order valence-corrected chi connectivity index (χ4v) is 1.03. The highest BCUT2D eigenvalue weighted by Crippen LogP contribution is 2.00. The quantitative estimate of drug-likeness (QED) is 0.616. The zero-order valence-electron chi connectivity index (χ0n) is 8.27. The van der Waals surface area contributed by atoms with Gasteiger partial charge < -0.3 is 15.5 Å². The number of hydrogen-bond acceptors (Lipinski definition) is 4. The molecule has 1 rings (SSSR count). The summed E-state index contributed by atoms with van der Waals surface area (Å²) in [6.45, 7) is 2.35. The first-order valence-electron chi connectivity index (χ1n) is 4.57. The molecule has 1 unspecified atom stereocenters. The summed E-state index contributed by atoms with van der Waals surface area (Å²) in [5, 5.41) is 21.3. The Hall–Kier alpha value is -0.970. The molecular weight excluding hydrogens is 180 g/mol. The highest BCUT2D eigenvalue weighted by molar-refractivity contribution is 5.07. The van der Waals surface area contributed by atoms with Crippen LogP contribution in [0.1, 0.15) is 12.5 Å². The molecule has 78 valence electrons. The first-order chi connectivity index (χ1) is 6.64. The minimum absolute atomic E-state index is 0.243. The monoisotopic (exact) mass is 196 g/mol. The van der Waals surface area contributed by atoms with Gasteiger partial charge in [-0.2, -0.15) is 0 Å². The molecule has 0 spiro atoms. The number of rotatable bonds is 5. The van der Waals surface area contributed by atoms with Crippen LogP contribution in [0.5, 0.6) is 0 Å². The molecule has 0 amide bonds. The van der Waals surface area contributed by atoms with Crippen LogP contribution in [0.2, 0.25) is 0 Å². The van der Waals surface area contributed by atoms with Crippen LogP contribution in [0.15, 0.2) is 24.5 Å². The summed E-state index contributed by atoms with van der Waals surface area (Å²) in [6.07, 6.45) is 3.48. The number of hydrogen-bond donors (Lipinski definition) is 3. The lowest BCUT2D eigenvalue weighted by molar-refractivity contribution is 0.00253. The van der Waals surface area contributed by atoms with E-state index < -0.39 is 5.60 Å². The highest BCUT2D eigenvalue weighted by Gasteiger charge is 2.17. The lowest BCUT2D eigenvalue weighted by Crippen LogP contribution is -2.40. The van der Waals surface area contributed by atoms with Gasteiger partial charge in [0.2, 0.25) is 0 Å². The van der Waals surface area contributed by atoms with Crippen molar-refractivity contribution in [3.05, 3.63) is 30.1 Å². The molecule has 1 atom stereocenters. The first kappa shape index (κ1) is 11.1. The van der Waals surface area contributed by atoms with Crippen molar-refractivity contribution in [1.29, 1.82) is 0 Å². The summed E-state index contributed by atoms with van der Waals surface area (Å²) in [5.74, 6) is 0. The fraction of sp³-hybridized carbons (Fsp3) is 0.500. The first-order valence-corrected chi connectivity index (χ1v) is 4.57. The minimum atomic E-state index is -1.05. The van der Waals surface area contributed by atoms with Gasteiger partial charge in [0.1, 0.15) is 0 Å². The van der Waals surface area contributed by atoms with E-state index >= 15 is 0 Å². The summed E-state index contributed by atoms with van der Waals surface area (Å²) < 4.78 is 0. The number of nitrogens with one attached hydrogen (secondary N) is 1. The van der Waals surface area contributed by atoms with Crippen molar-refractivity contribution in [2.45, 2.75) is 19.1 Å². The Balaban J connectivity index is 2.29. The summed E-state index contributed by atoms with van der Waals surface area (Å²) in [7, 11) is 0. The van der Waals surface area contributed by atoms with Gasteiger partial charge in [0.05, 0.1) is 12.2 Å². The van der Waals surface area contributed by atoms with Crippen LogP contribution in [0.3, 0.4) is 0 Å². The van der Waals surface area contributed by atoms with Gasteiger partial charge in [-0.25, -0.2) is 0 Å². The molecule has 0 aliphatic rings. The van der Waals surface area contributed by atoms with Gasteiger partial charge in [-0.15, -0.1) is 0 Å². The average Bonchev–Trinajstić information content (AvgIpc) is 2.19. The van der Waals surface area contributed by atoms with Crippen LogP contribution in [0.4, 0.5) is 0 Å². The molecule has 14 heavy (non-hydrogen) atoms. The summed E-state index contributed by atoms with van der Waals surface area (Å²) in [6, 6.07) is 3.81. The molecular formula is C10H16N2O2. The standard InChI is InChI=1S/C10H16N2O2/c1-10(14,8-13)7-12-6-9-3-2-4-11-5-9/h2-5,12-14H,6-8H2,1H3. The van der Waals surface area contributed by atoms with Crippen molar-refractivity contribution in [3.8, 4) is 0 Å². The van der Waals surface area contributed by atoms with E-state index in [2.05, 4.69) is 10.3 Å². The molecule has 0 fully saturated rings. The Morgan fingerprint density at radius 1 is 1.57 bits per heavy atom. The molecule has 0 saturated heterocycles. The predicted molar refractivity (Wildman–Crippen MR) is 53.7 cm³/mol. The molecule has 4 nitrogen and oxygen atoms in total. The van der Waals surface area contributed by atoms with E-state index in [1.807, 2.05) is 12.1 Å².